The van der Waals surface area contributed by atoms with Crippen molar-refractivity contribution in [3.05, 3.63) is 30.2 Å². The maximum atomic E-state index is 9.22. The molecular formula is C14H18N2O3. The molecule has 1 aliphatic rings. The van der Waals surface area contributed by atoms with E-state index in [1.165, 1.54) is 0 Å². The van der Waals surface area contributed by atoms with Crippen molar-refractivity contribution in [1.29, 1.82) is 0 Å². The Kier molecular flexibility index (Phi) is 3.50. The fourth-order valence-corrected chi connectivity index (χ4v) is 2.55. The van der Waals surface area contributed by atoms with Crippen LogP contribution < -0.4 is 0 Å². The predicted octanol–water partition coefficient (Wildman–Crippen LogP) is 1.41. The summed E-state index contributed by atoms with van der Waals surface area (Å²) in [4.78, 5) is 6.68. The van der Waals surface area contributed by atoms with Crippen molar-refractivity contribution in [3.63, 3.8) is 0 Å². The van der Waals surface area contributed by atoms with Crippen molar-refractivity contribution in [1.82, 2.24) is 9.88 Å². The average molecular weight is 262 g/mol. The monoisotopic (exact) mass is 262 g/mol. The number of morpholine rings is 1. The molecule has 2 aromatic rings. The van der Waals surface area contributed by atoms with Crippen molar-refractivity contribution < 1.29 is 14.3 Å². The number of fused-ring (bicyclic) bond motifs is 1. The summed E-state index contributed by atoms with van der Waals surface area (Å²) < 4.78 is 11.3. The number of oxazole rings is 1. The van der Waals surface area contributed by atoms with Crippen molar-refractivity contribution >= 4 is 11.1 Å². The van der Waals surface area contributed by atoms with E-state index in [1.54, 1.807) is 0 Å². The topological polar surface area (TPSA) is 58.7 Å². The van der Waals surface area contributed by atoms with E-state index in [1.807, 2.05) is 31.2 Å². The zero-order valence-electron chi connectivity index (χ0n) is 11.0. The van der Waals surface area contributed by atoms with Gasteiger partial charge in [0.25, 0.3) is 0 Å². The zero-order valence-corrected chi connectivity index (χ0v) is 11.0. The molecule has 2 unspecified atom stereocenters. The van der Waals surface area contributed by atoms with E-state index in [9.17, 15) is 5.11 Å². The molecule has 1 fully saturated rings. The Bertz CT molecular complexity index is 521. The van der Waals surface area contributed by atoms with Gasteiger partial charge in [0.05, 0.1) is 25.4 Å². The third kappa shape index (κ3) is 2.78. The Balaban J connectivity index is 1.73. The Morgan fingerprint density at radius 1 is 1.37 bits per heavy atom. The number of aliphatic hydroxyl groups excluding tert-OH is 1. The number of para-hydroxylation sites is 2. The van der Waals surface area contributed by atoms with E-state index in [0.29, 0.717) is 19.0 Å². The number of aromatic nitrogens is 1. The summed E-state index contributed by atoms with van der Waals surface area (Å²) in [5.41, 5.74) is 1.70. The molecule has 5 nitrogen and oxygen atoms in total. The van der Waals surface area contributed by atoms with Crippen LogP contribution in [0.25, 0.3) is 11.1 Å². The molecule has 3 rings (SSSR count). The van der Waals surface area contributed by atoms with Crippen LogP contribution in [0.1, 0.15) is 12.8 Å². The quantitative estimate of drug-likeness (QED) is 0.906. The maximum absolute atomic E-state index is 9.22. The highest BCUT2D eigenvalue weighted by atomic mass is 16.5. The smallest absolute Gasteiger partial charge is 0.209 e. The van der Waals surface area contributed by atoms with Crippen LogP contribution in [0.5, 0.6) is 0 Å². The van der Waals surface area contributed by atoms with Gasteiger partial charge >= 0.3 is 0 Å². The summed E-state index contributed by atoms with van der Waals surface area (Å²) in [5, 5.41) is 9.22. The molecule has 1 saturated heterocycles. The molecule has 0 amide bonds. The lowest BCUT2D eigenvalue weighted by molar-refractivity contribution is -0.0985. The third-order valence-corrected chi connectivity index (χ3v) is 3.30. The number of benzene rings is 1. The third-order valence-electron chi connectivity index (χ3n) is 3.30. The second-order valence-electron chi connectivity index (χ2n) is 5.02. The van der Waals surface area contributed by atoms with E-state index < -0.39 is 0 Å². The Morgan fingerprint density at radius 2 is 2.21 bits per heavy atom. The number of nitrogens with zero attached hydrogens (tertiary/aromatic N) is 2. The van der Waals surface area contributed by atoms with Crippen LogP contribution in [0.15, 0.2) is 28.7 Å². The molecule has 2 atom stereocenters. The SMILES string of the molecule is CC1CN(Cc2nc3ccccc3o2)CC(CO)O1. The molecule has 0 spiro atoms. The lowest BCUT2D eigenvalue weighted by Crippen LogP contribution is -2.47. The van der Waals surface area contributed by atoms with Gasteiger partial charge in [0, 0.05) is 13.1 Å². The van der Waals surface area contributed by atoms with Gasteiger partial charge in [-0.15, -0.1) is 0 Å². The lowest BCUT2D eigenvalue weighted by Gasteiger charge is -2.35. The summed E-state index contributed by atoms with van der Waals surface area (Å²) in [5.74, 6) is 0.715. The van der Waals surface area contributed by atoms with E-state index in [2.05, 4.69) is 9.88 Å². The van der Waals surface area contributed by atoms with Crippen LogP contribution in [-0.4, -0.2) is 46.9 Å². The van der Waals surface area contributed by atoms with E-state index in [-0.39, 0.29) is 18.8 Å². The zero-order chi connectivity index (χ0) is 13.2. The molecule has 2 heterocycles. The summed E-state index contributed by atoms with van der Waals surface area (Å²) >= 11 is 0. The number of ether oxygens (including phenoxy) is 1. The summed E-state index contributed by atoms with van der Waals surface area (Å²) in [6.45, 7) is 4.25. The predicted molar refractivity (Wildman–Crippen MR) is 70.7 cm³/mol. The fraction of sp³-hybridized carbons (Fsp3) is 0.500. The molecular weight excluding hydrogens is 244 g/mol. The van der Waals surface area contributed by atoms with Crippen LogP contribution >= 0.6 is 0 Å². The van der Waals surface area contributed by atoms with Crippen molar-refractivity contribution in [2.45, 2.75) is 25.7 Å². The maximum Gasteiger partial charge on any atom is 0.209 e. The van der Waals surface area contributed by atoms with Gasteiger partial charge < -0.3 is 14.3 Å². The number of hydrogen-bond acceptors (Lipinski definition) is 5. The molecule has 102 valence electrons. The van der Waals surface area contributed by atoms with Gasteiger partial charge in [-0.3, -0.25) is 4.90 Å². The van der Waals surface area contributed by atoms with E-state index in [4.69, 9.17) is 9.15 Å². The first-order valence-corrected chi connectivity index (χ1v) is 6.57. The lowest BCUT2D eigenvalue weighted by atomic mass is 10.2. The van der Waals surface area contributed by atoms with Crippen molar-refractivity contribution in [2.24, 2.45) is 0 Å². The molecule has 19 heavy (non-hydrogen) atoms. The molecule has 1 aromatic heterocycles. The van der Waals surface area contributed by atoms with Gasteiger partial charge in [-0.05, 0) is 19.1 Å². The first-order valence-electron chi connectivity index (χ1n) is 6.57. The highest BCUT2D eigenvalue weighted by Gasteiger charge is 2.25. The molecule has 0 aliphatic carbocycles. The Morgan fingerprint density at radius 3 is 3.00 bits per heavy atom. The molecule has 1 N–H and O–H groups in total. The van der Waals surface area contributed by atoms with E-state index in [0.717, 1.165) is 17.6 Å². The van der Waals surface area contributed by atoms with Gasteiger partial charge in [-0.25, -0.2) is 4.98 Å². The molecule has 0 bridgehead atoms. The number of hydrogen-bond donors (Lipinski definition) is 1. The summed E-state index contributed by atoms with van der Waals surface area (Å²) in [6, 6.07) is 7.76. The van der Waals surface area contributed by atoms with Crippen molar-refractivity contribution in [2.75, 3.05) is 19.7 Å². The highest BCUT2D eigenvalue weighted by molar-refractivity contribution is 5.72. The van der Waals surface area contributed by atoms with Crippen molar-refractivity contribution in [3.8, 4) is 0 Å². The Labute approximate surface area is 111 Å². The van der Waals surface area contributed by atoms with Crippen LogP contribution in [0.3, 0.4) is 0 Å². The highest BCUT2D eigenvalue weighted by Crippen LogP contribution is 2.18. The molecule has 1 aliphatic heterocycles. The minimum atomic E-state index is -0.117. The molecule has 0 radical (unpaired) electrons. The first-order chi connectivity index (χ1) is 9.24. The van der Waals surface area contributed by atoms with Crippen LogP contribution in [-0.2, 0) is 11.3 Å². The summed E-state index contributed by atoms with van der Waals surface area (Å²) in [7, 11) is 0. The molecule has 5 heteroatoms. The van der Waals surface area contributed by atoms with Gasteiger partial charge in [0.2, 0.25) is 5.89 Å². The van der Waals surface area contributed by atoms with Gasteiger partial charge in [0.1, 0.15) is 5.52 Å². The van der Waals surface area contributed by atoms with Gasteiger partial charge in [0.15, 0.2) is 5.58 Å². The Hall–Kier alpha value is -1.43. The van der Waals surface area contributed by atoms with Crippen LogP contribution in [0.2, 0.25) is 0 Å². The fourth-order valence-electron chi connectivity index (χ4n) is 2.55. The van der Waals surface area contributed by atoms with Crippen LogP contribution in [0, 0.1) is 0 Å². The number of aliphatic hydroxyl groups is 1. The standard InChI is InChI=1S/C14H18N2O3/c1-10-6-16(7-11(9-17)18-10)8-14-15-12-4-2-3-5-13(12)19-14/h2-5,10-11,17H,6-9H2,1H3. The second kappa shape index (κ2) is 5.28. The molecule has 0 saturated carbocycles. The van der Waals surface area contributed by atoms with Gasteiger partial charge in [-0.2, -0.15) is 0 Å². The minimum absolute atomic E-state index is 0.0500. The first kappa shape index (κ1) is 12.6. The number of rotatable bonds is 3. The normalized spacial score (nSPS) is 24.9. The molecule has 1 aromatic carbocycles. The largest absolute Gasteiger partial charge is 0.439 e. The average Bonchev–Trinajstić information content (AvgIpc) is 2.80. The summed E-state index contributed by atoms with van der Waals surface area (Å²) in [6.07, 6.45) is 0.00315. The minimum Gasteiger partial charge on any atom is -0.439 e. The van der Waals surface area contributed by atoms with Gasteiger partial charge in [-0.1, -0.05) is 12.1 Å². The second-order valence-corrected chi connectivity index (χ2v) is 5.02. The van der Waals surface area contributed by atoms with Crippen LogP contribution in [0.4, 0.5) is 0 Å². The van der Waals surface area contributed by atoms with E-state index >= 15 is 0 Å².